The van der Waals surface area contributed by atoms with Crippen LogP contribution in [0.15, 0.2) is 24.3 Å². The summed E-state index contributed by atoms with van der Waals surface area (Å²) in [4.78, 5) is 34.5. The van der Waals surface area contributed by atoms with E-state index in [1.165, 1.54) is 0 Å². The number of carboxylic acid groups (broad SMARTS) is 1. The molecule has 2 rings (SSSR count). The molecule has 0 saturated carbocycles. The SMILES string of the molecule is O=C(CC1SCC(C(=O)O)NC1=O)Nc1ccccc1Cl. The first-order chi connectivity index (χ1) is 9.97. The van der Waals surface area contributed by atoms with Crippen LogP contribution in [0.2, 0.25) is 5.02 Å². The first kappa shape index (κ1) is 15.7. The third-order valence-corrected chi connectivity index (χ3v) is 4.53. The highest BCUT2D eigenvalue weighted by Gasteiger charge is 2.33. The molecule has 1 aromatic rings. The standard InChI is InChI=1S/C13H13ClN2O4S/c14-7-3-1-2-4-8(7)15-11(17)5-10-12(18)16-9(6-21-10)13(19)20/h1-4,9-10H,5-6H2,(H,15,17)(H,16,18)(H,19,20). The lowest BCUT2D eigenvalue weighted by Gasteiger charge is -2.25. The van der Waals surface area contributed by atoms with Crippen LogP contribution in [0.25, 0.3) is 0 Å². The third-order valence-electron chi connectivity index (χ3n) is 2.89. The molecular weight excluding hydrogens is 316 g/mol. The largest absolute Gasteiger partial charge is 0.480 e. The summed E-state index contributed by atoms with van der Waals surface area (Å²) in [5.74, 6) is -1.61. The number of thioether (sulfide) groups is 1. The van der Waals surface area contributed by atoms with Gasteiger partial charge < -0.3 is 15.7 Å². The fraction of sp³-hybridized carbons (Fsp3) is 0.308. The van der Waals surface area contributed by atoms with Crippen molar-refractivity contribution in [3.05, 3.63) is 29.3 Å². The molecular formula is C13H13ClN2O4S. The first-order valence-corrected chi connectivity index (χ1v) is 7.59. The van der Waals surface area contributed by atoms with E-state index in [9.17, 15) is 14.4 Å². The van der Waals surface area contributed by atoms with Crippen LogP contribution in [0.4, 0.5) is 5.69 Å². The number of para-hydroxylation sites is 1. The number of hydrogen-bond acceptors (Lipinski definition) is 4. The Hall–Kier alpha value is -1.73. The van der Waals surface area contributed by atoms with E-state index in [0.717, 1.165) is 11.8 Å². The van der Waals surface area contributed by atoms with Crippen LogP contribution in [0.5, 0.6) is 0 Å². The smallest absolute Gasteiger partial charge is 0.327 e. The third kappa shape index (κ3) is 4.12. The van der Waals surface area contributed by atoms with Gasteiger partial charge in [-0.2, -0.15) is 0 Å². The number of anilines is 1. The molecule has 0 aliphatic carbocycles. The van der Waals surface area contributed by atoms with Crippen molar-refractivity contribution in [3.8, 4) is 0 Å². The molecule has 2 unspecified atom stereocenters. The maximum atomic E-state index is 11.9. The Balaban J connectivity index is 1.90. The highest BCUT2D eigenvalue weighted by atomic mass is 35.5. The Morgan fingerprint density at radius 3 is 2.76 bits per heavy atom. The van der Waals surface area contributed by atoms with Crippen LogP contribution in [0.1, 0.15) is 6.42 Å². The molecule has 1 heterocycles. The molecule has 8 heteroatoms. The molecule has 1 saturated heterocycles. The summed E-state index contributed by atoms with van der Waals surface area (Å²) in [5, 5.41) is 13.7. The van der Waals surface area contributed by atoms with Gasteiger partial charge in [0.25, 0.3) is 0 Å². The molecule has 0 spiro atoms. The van der Waals surface area contributed by atoms with Crippen molar-refractivity contribution in [1.29, 1.82) is 0 Å². The zero-order valence-electron chi connectivity index (χ0n) is 10.8. The molecule has 21 heavy (non-hydrogen) atoms. The number of carboxylic acids is 1. The van der Waals surface area contributed by atoms with Gasteiger partial charge in [-0.15, -0.1) is 11.8 Å². The van der Waals surface area contributed by atoms with E-state index < -0.39 is 23.2 Å². The lowest BCUT2D eigenvalue weighted by Crippen LogP contribution is -2.51. The molecule has 1 fully saturated rings. The molecule has 112 valence electrons. The number of halogens is 1. The maximum Gasteiger partial charge on any atom is 0.327 e. The minimum absolute atomic E-state index is 0.0337. The van der Waals surface area contributed by atoms with Crippen molar-refractivity contribution in [2.24, 2.45) is 0 Å². The van der Waals surface area contributed by atoms with Crippen molar-refractivity contribution in [2.75, 3.05) is 11.1 Å². The number of carbonyl (C=O) groups is 3. The van der Waals surface area contributed by atoms with Gasteiger partial charge in [0.05, 0.1) is 16.0 Å². The normalized spacial score (nSPS) is 21.5. The molecule has 0 bridgehead atoms. The minimum atomic E-state index is -1.07. The van der Waals surface area contributed by atoms with Gasteiger partial charge in [0, 0.05) is 12.2 Å². The molecule has 2 atom stereocenters. The van der Waals surface area contributed by atoms with Crippen LogP contribution in [-0.4, -0.2) is 39.9 Å². The van der Waals surface area contributed by atoms with Crippen LogP contribution in [0, 0.1) is 0 Å². The lowest BCUT2D eigenvalue weighted by molar-refractivity contribution is -0.141. The van der Waals surface area contributed by atoms with Crippen LogP contribution < -0.4 is 10.6 Å². The topological polar surface area (TPSA) is 95.5 Å². The first-order valence-electron chi connectivity index (χ1n) is 6.16. The van der Waals surface area contributed by atoms with Gasteiger partial charge in [0.15, 0.2) is 0 Å². The van der Waals surface area contributed by atoms with Crippen LogP contribution >= 0.6 is 23.4 Å². The summed E-state index contributed by atoms with van der Waals surface area (Å²) in [6.07, 6.45) is -0.0337. The van der Waals surface area contributed by atoms with E-state index in [2.05, 4.69) is 10.6 Å². The summed E-state index contributed by atoms with van der Waals surface area (Å²) in [6, 6.07) is 5.89. The summed E-state index contributed by atoms with van der Waals surface area (Å²) in [7, 11) is 0. The highest BCUT2D eigenvalue weighted by molar-refractivity contribution is 8.00. The predicted octanol–water partition coefficient (Wildman–Crippen LogP) is 1.35. The second kappa shape index (κ2) is 6.82. The van der Waals surface area contributed by atoms with Crippen LogP contribution in [0.3, 0.4) is 0 Å². The van der Waals surface area contributed by atoms with Crippen molar-refractivity contribution >= 4 is 46.8 Å². The number of amides is 2. The minimum Gasteiger partial charge on any atom is -0.480 e. The molecule has 1 aliphatic heterocycles. The van der Waals surface area contributed by atoms with Gasteiger partial charge in [-0.3, -0.25) is 9.59 Å². The van der Waals surface area contributed by atoms with Crippen molar-refractivity contribution < 1.29 is 19.5 Å². The average Bonchev–Trinajstić information content (AvgIpc) is 2.43. The van der Waals surface area contributed by atoms with E-state index in [4.69, 9.17) is 16.7 Å². The van der Waals surface area contributed by atoms with E-state index in [0.29, 0.717) is 10.7 Å². The molecule has 6 nitrogen and oxygen atoms in total. The zero-order valence-corrected chi connectivity index (χ0v) is 12.4. The maximum absolute atomic E-state index is 11.9. The Labute approximate surface area is 130 Å². The molecule has 3 N–H and O–H groups in total. The van der Waals surface area contributed by atoms with Gasteiger partial charge in [0.1, 0.15) is 6.04 Å². The molecule has 0 radical (unpaired) electrons. The fourth-order valence-electron chi connectivity index (χ4n) is 1.81. The monoisotopic (exact) mass is 328 g/mol. The van der Waals surface area contributed by atoms with Crippen molar-refractivity contribution in [1.82, 2.24) is 5.32 Å². The molecule has 0 aromatic heterocycles. The van der Waals surface area contributed by atoms with E-state index >= 15 is 0 Å². The van der Waals surface area contributed by atoms with Crippen molar-refractivity contribution in [2.45, 2.75) is 17.7 Å². The molecule has 1 aromatic carbocycles. The van der Waals surface area contributed by atoms with Crippen LogP contribution in [-0.2, 0) is 14.4 Å². The summed E-state index contributed by atoms with van der Waals surface area (Å²) in [6.45, 7) is 0. The summed E-state index contributed by atoms with van der Waals surface area (Å²) >= 11 is 7.09. The number of rotatable bonds is 4. The second-order valence-electron chi connectivity index (χ2n) is 4.45. The summed E-state index contributed by atoms with van der Waals surface area (Å²) < 4.78 is 0. The number of nitrogens with one attached hydrogen (secondary N) is 2. The van der Waals surface area contributed by atoms with Crippen molar-refractivity contribution in [3.63, 3.8) is 0 Å². The van der Waals surface area contributed by atoms with Gasteiger partial charge in [-0.05, 0) is 12.1 Å². The number of hydrogen-bond donors (Lipinski definition) is 3. The second-order valence-corrected chi connectivity index (χ2v) is 6.10. The number of benzene rings is 1. The van der Waals surface area contributed by atoms with E-state index in [1.54, 1.807) is 24.3 Å². The fourth-order valence-corrected chi connectivity index (χ4v) is 3.13. The van der Waals surface area contributed by atoms with Gasteiger partial charge >= 0.3 is 5.97 Å². The zero-order chi connectivity index (χ0) is 15.4. The van der Waals surface area contributed by atoms with E-state index in [-0.39, 0.29) is 18.1 Å². The summed E-state index contributed by atoms with van der Waals surface area (Å²) in [5.41, 5.74) is 0.480. The predicted molar refractivity (Wildman–Crippen MR) is 80.5 cm³/mol. The lowest BCUT2D eigenvalue weighted by atomic mass is 10.2. The van der Waals surface area contributed by atoms with E-state index in [1.807, 2.05) is 0 Å². The Kier molecular flexibility index (Phi) is 5.08. The highest BCUT2D eigenvalue weighted by Crippen LogP contribution is 2.24. The Morgan fingerprint density at radius 1 is 1.43 bits per heavy atom. The Morgan fingerprint density at radius 2 is 2.14 bits per heavy atom. The number of carbonyl (C=O) groups excluding carboxylic acids is 2. The average molecular weight is 329 g/mol. The molecule has 2 amide bonds. The van der Waals surface area contributed by atoms with Gasteiger partial charge in [0.2, 0.25) is 11.8 Å². The Bertz CT molecular complexity index is 581. The van der Waals surface area contributed by atoms with Gasteiger partial charge in [-0.25, -0.2) is 4.79 Å². The quantitative estimate of drug-likeness (QED) is 0.775. The van der Waals surface area contributed by atoms with Gasteiger partial charge in [-0.1, -0.05) is 23.7 Å². The number of aliphatic carboxylic acids is 1. The molecule has 1 aliphatic rings.